The summed E-state index contributed by atoms with van der Waals surface area (Å²) in [6.07, 6.45) is 9.14. The third kappa shape index (κ3) is 1.90. The van der Waals surface area contributed by atoms with Crippen LogP contribution < -0.4 is 4.90 Å². The summed E-state index contributed by atoms with van der Waals surface area (Å²) in [4.78, 5) is 12.1. The minimum atomic E-state index is 0.425. The number of imidazole rings is 1. The normalized spacial score (nSPS) is 21.9. The van der Waals surface area contributed by atoms with E-state index in [-0.39, 0.29) is 0 Å². The Morgan fingerprint density at radius 3 is 2.80 bits per heavy atom. The number of thiol groups is 1. The van der Waals surface area contributed by atoms with E-state index in [0.717, 1.165) is 42.8 Å². The van der Waals surface area contributed by atoms with Crippen molar-refractivity contribution in [1.82, 2.24) is 14.4 Å². The Morgan fingerprint density at radius 1 is 1.20 bits per heavy atom. The number of piperidine rings is 1. The third-order valence-electron chi connectivity index (χ3n) is 4.68. The van der Waals surface area contributed by atoms with E-state index in [1.54, 1.807) is 12.4 Å². The van der Waals surface area contributed by atoms with Gasteiger partial charge >= 0.3 is 0 Å². The van der Waals surface area contributed by atoms with E-state index >= 15 is 0 Å². The van der Waals surface area contributed by atoms with E-state index < -0.39 is 0 Å². The van der Waals surface area contributed by atoms with Crippen LogP contribution in [-0.2, 0) is 4.74 Å². The van der Waals surface area contributed by atoms with Gasteiger partial charge in [-0.05, 0) is 24.7 Å². The highest BCUT2D eigenvalue weighted by Crippen LogP contribution is 2.39. The van der Waals surface area contributed by atoms with Crippen LogP contribution in [0.25, 0.3) is 5.65 Å². The topological polar surface area (TPSA) is 42.7 Å². The minimum absolute atomic E-state index is 0.425. The molecule has 5 nitrogen and oxygen atoms in total. The number of ether oxygens (including phenoxy) is 1. The molecule has 0 aromatic carbocycles. The van der Waals surface area contributed by atoms with Crippen LogP contribution in [0.15, 0.2) is 23.5 Å². The highest BCUT2D eigenvalue weighted by molar-refractivity contribution is 7.80. The molecule has 20 heavy (non-hydrogen) atoms. The molecule has 2 aromatic heterocycles. The molecule has 0 N–H and O–H groups in total. The van der Waals surface area contributed by atoms with Crippen molar-refractivity contribution in [3.63, 3.8) is 0 Å². The van der Waals surface area contributed by atoms with Crippen molar-refractivity contribution in [2.24, 2.45) is 5.41 Å². The van der Waals surface area contributed by atoms with E-state index in [4.69, 9.17) is 4.74 Å². The Labute approximate surface area is 123 Å². The van der Waals surface area contributed by atoms with Crippen molar-refractivity contribution in [3.05, 3.63) is 18.6 Å². The van der Waals surface area contributed by atoms with Crippen molar-refractivity contribution < 1.29 is 4.74 Å². The summed E-state index contributed by atoms with van der Waals surface area (Å²) in [7, 11) is 0. The van der Waals surface area contributed by atoms with Gasteiger partial charge in [0.05, 0.1) is 11.5 Å². The van der Waals surface area contributed by atoms with E-state index in [1.807, 2.05) is 10.6 Å². The number of fused-ring (bicyclic) bond motifs is 1. The molecule has 106 valence electrons. The first kappa shape index (κ1) is 12.5. The third-order valence-corrected chi connectivity index (χ3v) is 5.00. The van der Waals surface area contributed by atoms with E-state index in [0.29, 0.717) is 5.41 Å². The van der Waals surface area contributed by atoms with Crippen LogP contribution in [0.2, 0.25) is 0 Å². The van der Waals surface area contributed by atoms with E-state index in [9.17, 15) is 0 Å². The number of nitrogens with zero attached hydrogens (tertiary/aromatic N) is 4. The molecule has 4 rings (SSSR count). The zero-order chi connectivity index (χ0) is 13.6. The van der Waals surface area contributed by atoms with Gasteiger partial charge in [-0.1, -0.05) is 0 Å². The number of anilines is 1. The molecular weight excluding hydrogens is 272 g/mol. The highest BCUT2D eigenvalue weighted by Gasteiger charge is 2.38. The SMILES string of the molecule is Sc1cnc(N2CCC3(CCOC3)CC2)n2ccnc12. The fourth-order valence-corrected chi connectivity index (χ4v) is 3.58. The summed E-state index contributed by atoms with van der Waals surface area (Å²) < 4.78 is 7.63. The number of aromatic nitrogens is 3. The summed E-state index contributed by atoms with van der Waals surface area (Å²) in [5.74, 6) is 0.976. The van der Waals surface area contributed by atoms with Crippen LogP contribution >= 0.6 is 12.6 Å². The Kier molecular flexibility index (Phi) is 2.89. The number of hydrogen-bond donors (Lipinski definition) is 1. The Bertz CT molecular complexity index is 625. The van der Waals surface area contributed by atoms with Crippen molar-refractivity contribution in [2.75, 3.05) is 31.2 Å². The van der Waals surface area contributed by atoms with Gasteiger partial charge in [-0.15, -0.1) is 12.6 Å². The van der Waals surface area contributed by atoms with Crippen LogP contribution in [0.5, 0.6) is 0 Å². The number of hydrogen-bond acceptors (Lipinski definition) is 5. The average molecular weight is 290 g/mol. The second-order valence-electron chi connectivity index (χ2n) is 5.85. The van der Waals surface area contributed by atoms with Crippen molar-refractivity contribution in [2.45, 2.75) is 24.2 Å². The zero-order valence-electron chi connectivity index (χ0n) is 11.3. The van der Waals surface area contributed by atoms with Gasteiger partial charge in [0.2, 0.25) is 5.95 Å². The lowest BCUT2D eigenvalue weighted by molar-refractivity contribution is 0.133. The summed E-state index contributed by atoms with van der Waals surface area (Å²) in [6.45, 7) is 3.94. The van der Waals surface area contributed by atoms with Crippen LogP contribution in [0.1, 0.15) is 19.3 Å². The Balaban J connectivity index is 1.61. The van der Waals surface area contributed by atoms with E-state index in [1.165, 1.54) is 19.3 Å². The largest absolute Gasteiger partial charge is 0.381 e. The molecule has 1 spiro atoms. The average Bonchev–Trinajstić information content (AvgIpc) is 3.11. The van der Waals surface area contributed by atoms with Gasteiger partial charge in [0.1, 0.15) is 0 Å². The van der Waals surface area contributed by atoms with Gasteiger partial charge in [-0.3, -0.25) is 4.40 Å². The second-order valence-corrected chi connectivity index (χ2v) is 6.34. The predicted molar refractivity (Wildman–Crippen MR) is 79.6 cm³/mol. The van der Waals surface area contributed by atoms with Crippen molar-refractivity contribution in [1.29, 1.82) is 0 Å². The maximum absolute atomic E-state index is 5.59. The van der Waals surface area contributed by atoms with E-state index in [2.05, 4.69) is 27.5 Å². The summed E-state index contributed by atoms with van der Waals surface area (Å²) in [5.41, 5.74) is 1.30. The van der Waals surface area contributed by atoms with Gasteiger partial charge in [0.25, 0.3) is 0 Å². The first-order chi connectivity index (χ1) is 9.77. The van der Waals surface area contributed by atoms with Gasteiger partial charge in [0.15, 0.2) is 5.65 Å². The van der Waals surface area contributed by atoms with Crippen LogP contribution in [0.3, 0.4) is 0 Å². The monoisotopic (exact) mass is 290 g/mol. The number of rotatable bonds is 1. The molecule has 2 aromatic rings. The fourth-order valence-electron chi connectivity index (χ4n) is 3.35. The lowest BCUT2D eigenvalue weighted by Gasteiger charge is -2.38. The molecule has 2 aliphatic heterocycles. The first-order valence-electron chi connectivity index (χ1n) is 7.11. The lowest BCUT2D eigenvalue weighted by atomic mass is 9.78. The molecular formula is C14H18N4OS. The highest BCUT2D eigenvalue weighted by atomic mass is 32.1. The summed E-state index contributed by atoms with van der Waals surface area (Å²) >= 11 is 4.41. The Morgan fingerprint density at radius 2 is 2.05 bits per heavy atom. The maximum atomic E-state index is 5.59. The molecule has 0 atom stereocenters. The summed E-state index contributed by atoms with van der Waals surface area (Å²) in [5, 5.41) is 0. The van der Waals surface area contributed by atoms with Crippen LogP contribution in [-0.4, -0.2) is 40.7 Å². The van der Waals surface area contributed by atoms with Gasteiger partial charge in [0, 0.05) is 38.3 Å². The molecule has 0 saturated carbocycles. The molecule has 4 heterocycles. The predicted octanol–water partition coefficient (Wildman–Crippen LogP) is 2.02. The zero-order valence-corrected chi connectivity index (χ0v) is 12.2. The molecule has 2 aliphatic rings. The second kappa shape index (κ2) is 4.63. The Hall–Kier alpha value is -1.27. The molecule has 0 aliphatic carbocycles. The van der Waals surface area contributed by atoms with Crippen LogP contribution in [0.4, 0.5) is 5.95 Å². The van der Waals surface area contributed by atoms with Gasteiger partial charge in [-0.2, -0.15) is 0 Å². The summed E-state index contributed by atoms with van der Waals surface area (Å²) in [6, 6.07) is 0. The van der Waals surface area contributed by atoms with Gasteiger partial charge < -0.3 is 9.64 Å². The fraction of sp³-hybridized carbons (Fsp3) is 0.571. The molecule has 0 bridgehead atoms. The van der Waals surface area contributed by atoms with Crippen molar-refractivity contribution in [3.8, 4) is 0 Å². The van der Waals surface area contributed by atoms with Crippen LogP contribution in [0, 0.1) is 5.41 Å². The molecule has 0 amide bonds. The molecule has 6 heteroatoms. The molecule has 2 saturated heterocycles. The maximum Gasteiger partial charge on any atom is 0.211 e. The minimum Gasteiger partial charge on any atom is -0.381 e. The smallest absolute Gasteiger partial charge is 0.211 e. The first-order valence-corrected chi connectivity index (χ1v) is 7.56. The lowest BCUT2D eigenvalue weighted by Crippen LogP contribution is -2.41. The van der Waals surface area contributed by atoms with Crippen molar-refractivity contribution >= 4 is 24.2 Å². The molecule has 2 fully saturated rings. The molecule has 0 unspecified atom stereocenters. The quantitative estimate of drug-likeness (QED) is 0.816. The van der Waals surface area contributed by atoms with Gasteiger partial charge in [-0.25, -0.2) is 9.97 Å². The molecule has 0 radical (unpaired) electrons. The standard InChI is InChI=1S/C14H18N4OS/c20-11-9-16-13(18-7-4-15-12(11)18)17-5-1-14(2-6-17)3-8-19-10-14/h4,7,9,20H,1-3,5-6,8,10H2.